The van der Waals surface area contributed by atoms with E-state index in [9.17, 15) is 0 Å². The number of nitrogens with zero attached hydrogens (tertiary/aromatic N) is 3. The van der Waals surface area contributed by atoms with Crippen molar-refractivity contribution in [1.82, 2.24) is 9.78 Å². The summed E-state index contributed by atoms with van der Waals surface area (Å²) in [4.78, 5) is 0. The summed E-state index contributed by atoms with van der Waals surface area (Å²) in [6.07, 6.45) is 6.59. The van der Waals surface area contributed by atoms with Gasteiger partial charge in [0.25, 0.3) is 0 Å². The van der Waals surface area contributed by atoms with E-state index in [1.165, 1.54) is 24.1 Å². The van der Waals surface area contributed by atoms with Crippen LogP contribution in [0.2, 0.25) is 0 Å². The van der Waals surface area contributed by atoms with Crippen molar-refractivity contribution >= 4 is 0 Å². The fraction of sp³-hybridized carbons (Fsp3) is 0.286. The highest BCUT2D eigenvalue weighted by atomic mass is 15.3. The van der Waals surface area contributed by atoms with E-state index in [4.69, 9.17) is 5.26 Å². The molecule has 0 spiro atoms. The van der Waals surface area contributed by atoms with Gasteiger partial charge in [0.05, 0.1) is 17.4 Å². The molecular formula is C14H13N3. The zero-order chi connectivity index (χ0) is 11.7. The molecule has 0 radical (unpaired) electrons. The summed E-state index contributed by atoms with van der Waals surface area (Å²) in [7, 11) is 0. The molecule has 1 aromatic carbocycles. The molecular weight excluding hydrogens is 210 g/mol. The minimum Gasteiger partial charge on any atom is -0.236 e. The number of nitriles is 1. The Morgan fingerprint density at radius 2 is 2.00 bits per heavy atom. The van der Waals surface area contributed by atoms with Crippen molar-refractivity contribution < 1.29 is 0 Å². The normalized spacial score (nSPS) is 14.1. The van der Waals surface area contributed by atoms with Gasteiger partial charge in [-0.15, -0.1) is 0 Å². The standard InChI is InChI=1S/C14H13N3/c15-9-11-5-1-3-7-13(11)17-14-8-4-2-6-12(14)10-16-17/h1,3,5,7,10H,2,4,6,8H2. The first-order valence-electron chi connectivity index (χ1n) is 5.95. The van der Waals surface area contributed by atoms with E-state index in [1.54, 1.807) is 0 Å². The summed E-state index contributed by atoms with van der Waals surface area (Å²) in [5, 5.41) is 13.6. The largest absolute Gasteiger partial charge is 0.236 e. The van der Waals surface area contributed by atoms with Gasteiger partial charge in [-0.1, -0.05) is 12.1 Å². The van der Waals surface area contributed by atoms with Crippen molar-refractivity contribution in [2.45, 2.75) is 25.7 Å². The third-order valence-corrected chi connectivity index (χ3v) is 3.32. The minimum absolute atomic E-state index is 0.684. The zero-order valence-electron chi connectivity index (χ0n) is 9.56. The number of aryl methyl sites for hydroxylation is 1. The van der Waals surface area contributed by atoms with Gasteiger partial charge in [-0.05, 0) is 43.4 Å². The molecule has 1 heterocycles. The maximum Gasteiger partial charge on any atom is 0.101 e. The zero-order valence-corrected chi connectivity index (χ0v) is 9.56. The van der Waals surface area contributed by atoms with Crippen molar-refractivity contribution in [3.63, 3.8) is 0 Å². The van der Waals surface area contributed by atoms with Crippen LogP contribution in [0.1, 0.15) is 29.7 Å². The van der Waals surface area contributed by atoms with Crippen molar-refractivity contribution in [1.29, 1.82) is 5.26 Å². The number of para-hydroxylation sites is 1. The van der Waals surface area contributed by atoms with Gasteiger partial charge >= 0.3 is 0 Å². The SMILES string of the molecule is N#Cc1ccccc1-n1ncc2c1CCCC2. The average Bonchev–Trinajstić information content (AvgIpc) is 2.82. The lowest BCUT2D eigenvalue weighted by molar-refractivity contribution is 0.653. The van der Waals surface area contributed by atoms with Crippen molar-refractivity contribution in [3.05, 3.63) is 47.3 Å². The first-order chi connectivity index (χ1) is 8.40. The Hall–Kier alpha value is -2.08. The fourth-order valence-corrected chi connectivity index (χ4v) is 2.45. The van der Waals surface area contributed by atoms with Crippen LogP contribution in [0.15, 0.2) is 30.5 Å². The fourth-order valence-electron chi connectivity index (χ4n) is 2.45. The second-order valence-electron chi connectivity index (χ2n) is 4.36. The van der Waals surface area contributed by atoms with Crippen molar-refractivity contribution in [3.8, 4) is 11.8 Å². The molecule has 0 unspecified atom stereocenters. The van der Waals surface area contributed by atoms with E-state index in [0.717, 1.165) is 18.5 Å². The average molecular weight is 223 g/mol. The number of fused-ring (bicyclic) bond motifs is 1. The molecule has 1 aromatic heterocycles. The molecule has 0 N–H and O–H groups in total. The summed E-state index contributed by atoms with van der Waals surface area (Å²) in [5.74, 6) is 0. The van der Waals surface area contributed by atoms with E-state index >= 15 is 0 Å². The molecule has 0 saturated carbocycles. The number of rotatable bonds is 1. The lowest BCUT2D eigenvalue weighted by Gasteiger charge is -2.14. The topological polar surface area (TPSA) is 41.6 Å². The molecule has 0 bridgehead atoms. The van der Waals surface area contributed by atoms with E-state index in [2.05, 4.69) is 11.2 Å². The maximum atomic E-state index is 9.13. The Balaban J connectivity index is 2.16. The Morgan fingerprint density at radius 3 is 2.88 bits per heavy atom. The number of hydrogen-bond acceptors (Lipinski definition) is 2. The third-order valence-electron chi connectivity index (χ3n) is 3.32. The molecule has 0 saturated heterocycles. The summed E-state index contributed by atoms with van der Waals surface area (Å²) < 4.78 is 1.94. The van der Waals surface area contributed by atoms with E-state index in [1.807, 2.05) is 35.1 Å². The van der Waals surface area contributed by atoms with Gasteiger partial charge in [0, 0.05) is 5.69 Å². The molecule has 0 atom stereocenters. The molecule has 1 aliphatic rings. The van der Waals surface area contributed by atoms with Crippen LogP contribution in [0.3, 0.4) is 0 Å². The van der Waals surface area contributed by atoms with Crippen molar-refractivity contribution in [2.24, 2.45) is 0 Å². The van der Waals surface area contributed by atoms with Gasteiger partial charge in [-0.3, -0.25) is 0 Å². The molecule has 0 fully saturated rings. The summed E-state index contributed by atoms with van der Waals surface area (Å²) in [6, 6.07) is 9.87. The second kappa shape index (κ2) is 4.06. The quantitative estimate of drug-likeness (QED) is 0.745. The Bertz CT molecular complexity index is 590. The predicted octanol–water partition coefficient (Wildman–Crippen LogP) is 2.62. The third kappa shape index (κ3) is 1.62. The molecule has 17 heavy (non-hydrogen) atoms. The van der Waals surface area contributed by atoms with E-state index in [0.29, 0.717) is 5.56 Å². The van der Waals surface area contributed by atoms with Crippen molar-refractivity contribution in [2.75, 3.05) is 0 Å². The van der Waals surface area contributed by atoms with Crippen LogP contribution in [0.25, 0.3) is 5.69 Å². The van der Waals surface area contributed by atoms with Gasteiger partial charge < -0.3 is 0 Å². The highest BCUT2D eigenvalue weighted by Crippen LogP contribution is 2.24. The predicted molar refractivity (Wildman–Crippen MR) is 64.9 cm³/mol. The van der Waals surface area contributed by atoms with E-state index in [-0.39, 0.29) is 0 Å². The summed E-state index contributed by atoms with van der Waals surface area (Å²) in [6.45, 7) is 0. The lowest BCUT2D eigenvalue weighted by atomic mass is 9.98. The van der Waals surface area contributed by atoms with Crippen LogP contribution in [0, 0.1) is 11.3 Å². The number of aromatic nitrogens is 2. The van der Waals surface area contributed by atoms with Crippen LogP contribution in [-0.2, 0) is 12.8 Å². The molecule has 3 rings (SSSR count). The molecule has 1 aliphatic carbocycles. The summed E-state index contributed by atoms with van der Waals surface area (Å²) >= 11 is 0. The molecule has 0 amide bonds. The molecule has 84 valence electrons. The van der Waals surface area contributed by atoms with Crippen LogP contribution >= 0.6 is 0 Å². The lowest BCUT2D eigenvalue weighted by Crippen LogP contribution is -2.08. The van der Waals surface area contributed by atoms with Gasteiger partial charge in [0.1, 0.15) is 6.07 Å². The first kappa shape index (κ1) is 10.1. The highest BCUT2D eigenvalue weighted by molar-refractivity contribution is 5.49. The Morgan fingerprint density at radius 1 is 1.18 bits per heavy atom. The highest BCUT2D eigenvalue weighted by Gasteiger charge is 2.17. The maximum absolute atomic E-state index is 9.13. The smallest absolute Gasteiger partial charge is 0.101 e. The van der Waals surface area contributed by atoms with Gasteiger partial charge in [0.2, 0.25) is 0 Å². The van der Waals surface area contributed by atoms with Gasteiger partial charge in [-0.25, -0.2) is 4.68 Å². The number of hydrogen-bond donors (Lipinski definition) is 0. The minimum atomic E-state index is 0.684. The first-order valence-corrected chi connectivity index (χ1v) is 5.95. The Kier molecular flexibility index (Phi) is 2.41. The van der Waals surface area contributed by atoms with Crippen LogP contribution < -0.4 is 0 Å². The molecule has 3 nitrogen and oxygen atoms in total. The van der Waals surface area contributed by atoms with Crippen LogP contribution in [0.4, 0.5) is 0 Å². The van der Waals surface area contributed by atoms with E-state index < -0.39 is 0 Å². The second-order valence-corrected chi connectivity index (χ2v) is 4.36. The van der Waals surface area contributed by atoms with Gasteiger partial charge in [0.15, 0.2) is 0 Å². The molecule has 0 aliphatic heterocycles. The Labute approximate surface area is 100 Å². The van der Waals surface area contributed by atoms with Crippen LogP contribution in [-0.4, -0.2) is 9.78 Å². The van der Waals surface area contributed by atoms with Crippen LogP contribution in [0.5, 0.6) is 0 Å². The summed E-state index contributed by atoms with van der Waals surface area (Å²) in [5.41, 5.74) is 4.20. The molecule has 2 aromatic rings. The number of benzene rings is 1. The molecule has 3 heteroatoms. The van der Waals surface area contributed by atoms with Gasteiger partial charge in [-0.2, -0.15) is 10.4 Å². The monoisotopic (exact) mass is 223 g/mol.